The van der Waals surface area contributed by atoms with Gasteiger partial charge in [0.15, 0.2) is 11.3 Å². The summed E-state index contributed by atoms with van der Waals surface area (Å²) < 4.78 is 70.0. The summed E-state index contributed by atoms with van der Waals surface area (Å²) in [5.41, 5.74) is -2.27. The fraction of sp³-hybridized carbons (Fsp3) is 0.348. The van der Waals surface area contributed by atoms with Crippen molar-refractivity contribution in [3.05, 3.63) is 117 Å². The number of alkyl halides is 2. The summed E-state index contributed by atoms with van der Waals surface area (Å²) in [5, 5.41) is 10.0. The molecule has 0 spiro atoms. The van der Waals surface area contributed by atoms with E-state index in [9.17, 15) is 18.8 Å². The summed E-state index contributed by atoms with van der Waals surface area (Å²) in [4.78, 5) is 78.1. The fourth-order valence-electron chi connectivity index (χ4n) is 8.13. The molecule has 0 radical (unpaired) electrons. The number of ether oxygens (including phenoxy) is 1. The lowest BCUT2D eigenvalue weighted by Crippen LogP contribution is -2.46. The summed E-state index contributed by atoms with van der Waals surface area (Å²) in [6.07, 6.45) is 9.86. The molecule has 4 N–H and O–H groups in total. The Labute approximate surface area is 383 Å². The van der Waals surface area contributed by atoms with E-state index in [1.807, 2.05) is 20.0 Å². The number of halogens is 4. The average Bonchev–Trinajstić information content (AvgIpc) is 3.86. The zero-order chi connectivity index (χ0) is 48.7. The zero-order valence-corrected chi connectivity index (χ0v) is 37.5. The summed E-state index contributed by atoms with van der Waals surface area (Å²) in [7, 11) is 0. The van der Waals surface area contributed by atoms with Crippen LogP contribution in [0.5, 0.6) is 0 Å². The predicted molar refractivity (Wildman–Crippen MR) is 241 cm³/mol. The number of hydrogen-bond acceptors (Lipinski definition) is 12. The number of rotatable bonds is 4. The number of aromatic nitrogens is 10. The molecule has 2 fully saturated rings. The number of nitrogens with zero attached hydrogens (tertiary/aromatic N) is 9. The molecule has 22 heteroatoms. The Morgan fingerprint density at radius 2 is 1.13 bits per heavy atom. The van der Waals surface area contributed by atoms with Crippen LogP contribution in [-0.4, -0.2) is 103 Å². The molecule has 0 aliphatic carbocycles. The maximum absolute atomic E-state index is 15.9. The van der Waals surface area contributed by atoms with Crippen LogP contribution in [0.15, 0.2) is 71.0 Å². The molecule has 18 nitrogen and oxygen atoms in total. The lowest BCUT2D eigenvalue weighted by atomic mass is 9.92. The van der Waals surface area contributed by atoms with Gasteiger partial charge < -0.3 is 30.0 Å². The Balaban J connectivity index is 0.000000177. The molecule has 2 saturated heterocycles. The van der Waals surface area contributed by atoms with Gasteiger partial charge in [-0.2, -0.15) is 0 Å². The third-order valence-corrected chi connectivity index (χ3v) is 11.5. The molecule has 8 aromatic rings. The molecule has 0 saturated carbocycles. The van der Waals surface area contributed by atoms with Crippen LogP contribution in [-0.2, 0) is 20.9 Å². The number of carbonyl (C=O) groups excluding carboxylic acids is 1. The van der Waals surface area contributed by atoms with E-state index in [-0.39, 0.29) is 78.7 Å². The maximum Gasteiger partial charge on any atom is 0.410 e. The van der Waals surface area contributed by atoms with Crippen molar-refractivity contribution < 1.29 is 37.0 Å². The van der Waals surface area contributed by atoms with Gasteiger partial charge in [-0.1, -0.05) is 0 Å². The maximum atomic E-state index is 15.9. The van der Waals surface area contributed by atoms with Crippen molar-refractivity contribution in [2.75, 3.05) is 26.2 Å². The number of benzene rings is 2. The van der Waals surface area contributed by atoms with Gasteiger partial charge in [-0.15, -0.1) is 0 Å². The Bertz CT molecular complexity index is 3350. The lowest BCUT2D eigenvalue weighted by molar-refractivity contribution is -0.122. The number of likely N-dealkylation sites (tertiary alicyclic amines) is 1. The Morgan fingerprint density at radius 3 is 1.56 bits per heavy atom. The van der Waals surface area contributed by atoms with Crippen molar-refractivity contribution in [3.8, 4) is 22.3 Å². The van der Waals surface area contributed by atoms with Gasteiger partial charge in [0.1, 0.15) is 39.9 Å². The third-order valence-electron chi connectivity index (χ3n) is 11.5. The quantitative estimate of drug-likeness (QED) is 0.108. The summed E-state index contributed by atoms with van der Waals surface area (Å²) in [6, 6.07) is 5.60. The van der Waals surface area contributed by atoms with Crippen LogP contribution >= 0.6 is 0 Å². The number of carbonyl (C=O) groups is 2. The van der Waals surface area contributed by atoms with Crippen molar-refractivity contribution in [3.63, 3.8) is 0 Å². The van der Waals surface area contributed by atoms with E-state index in [1.54, 1.807) is 66.6 Å². The van der Waals surface area contributed by atoms with Crippen LogP contribution in [0.25, 0.3) is 55.6 Å². The minimum Gasteiger partial charge on any atom is -0.483 e. The van der Waals surface area contributed by atoms with Crippen molar-refractivity contribution in [2.45, 2.75) is 77.2 Å². The molecule has 8 heterocycles. The molecule has 2 aliphatic rings. The van der Waals surface area contributed by atoms with Gasteiger partial charge in [-0.3, -0.25) is 23.2 Å². The van der Waals surface area contributed by atoms with E-state index in [2.05, 4.69) is 45.2 Å². The number of aryl methyl sites for hydroxylation is 2. The van der Waals surface area contributed by atoms with Crippen LogP contribution < -0.4 is 16.4 Å². The molecule has 68 heavy (non-hydrogen) atoms. The highest BCUT2D eigenvalue weighted by atomic mass is 19.2. The van der Waals surface area contributed by atoms with Crippen molar-refractivity contribution in [2.24, 2.45) is 0 Å². The standard InChI is InChI=1S/C25H26F2N6O3.C20H18F2N6O.CH2O2/c1-14-12-33-13-16(11-28-22(33)29-14)15-9-17-19(18(26)10-15)30-21(31-20(17)34)25(27)5-7-32(8-6-25)23(35)36-24(2,3)4;1-11-9-28-10-13(8-24-19(28)25-11)12-6-14-16(15(21)7-12)26-18(27-17(14)29)20(22)2-4-23-5-3-20;2-1-3/h9-13H,5-8H2,1-4H3,(H,30,31,34);6-10,23H,2-5H2,1H3,(H,26,27,29);1H,(H,2,3). The molecule has 0 bridgehead atoms. The second-order valence-electron chi connectivity index (χ2n) is 17.7. The van der Waals surface area contributed by atoms with Crippen LogP contribution in [0.2, 0.25) is 0 Å². The molecule has 0 atom stereocenters. The number of piperidine rings is 2. The molecular formula is C46H46F4N12O6. The van der Waals surface area contributed by atoms with Gasteiger partial charge >= 0.3 is 6.09 Å². The fourth-order valence-corrected chi connectivity index (χ4v) is 8.13. The Morgan fingerprint density at radius 1 is 0.706 bits per heavy atom. The molecule has 6 aromatic heterocycles. The van der Waals surface area contributed by atoms with E-state index < -0.39 is 45.8 Å². The first kappa shape index (κ1) is 46.9. The van der Waals surface area contributed by atoms with E-state index >= 15 is 13.2 Å². The number of amides is 1. The minimum atomic E-state index is -2.01. The summed E-state index contributed by atoms with van der Waals surface area (Å²) >= 11 is 0. The van der Waals surface area contributed by atoms with Crippen LogP contribution in [0.4, 0.5) is 22.4 Å². The highest BCUT2D eigenvalue weighted by molar-refractivity contribution is 5.85. The van der Waals surface area contributed by atoms with Crippen molar-refractivity contribution in [1.82, 2.24) is 58.9 Å². The summed E-state index contributed by atoms with van der Waals surface area (Å²) in [6.45, 7) is 9.82. The van der Waals surface area contributed by atoms with Gasteiger partial charge in [0, 0.05) is 87.1 Å². The van der Waals surface area contributed by atoms with Crippen LogP contribution in [0.3, 0.4) is 0 Å². The highest BCUT2D eigenvalue weighted by Gasteiger charge is 2.41. The molecule has 2 aromatic carbocycles. The SMILES string of the molecule is Cc1cn2cc(-c3cc(F)c4nc(C5(F)CCN(C(=O)OC(C)(C)C)CC5)[nH]c(=O)c4c3)cnc2n1.Cc1cn2cc(-c3cc(F)c4nc(C5(F)CCNCC5)[nH]c(=O)c4c3)cnc2n1.O=CO. The van der Waals surface area contributed by atoms with Gasteiger partial charge in [-0.05, 0) is 83.1 Å². The van der Waals surface area contributed by atoms with E-state index in [4.69, 9.17) is 14.6 Å². The topological polar surface area (TPSA) is 231 Å². The monoisotopic (exact) mass is 938 g/mol. The number of aromatic amines is 2. The van der Waals surface area contributed by atoms with E-state index in [0.717, 1.165) is 11.4 Å². The number of hydrogen-bond donors (Lipinski definition) is 4. The second-order valence-corrected chi connectivity index (χ2v) is 17.7. The molecule has 1 amide bonds. The van der Waals surface area contributed by atoms with Crippen LogP contribution in [0, 0.1) is 25.5 Å². The average molecular weight is 939 g/mol. The number of nitrogens with one attached hydrogen (secondary N) is 3. The first-order valence-corrected chi connectivity index (χ1v) is 21.5. The largest absolute Gasteiger partial charge is 0.483 e. The van der Waals surface area contributed by atoms with E-state index in [1.165, 1.54) is 23.1 Å². The smallest absolute Gasteiger partial charge is 0.410 e. The van der Waals surface area contributed by atoms with Gasteiger partial charge in [-0.25, -0.2) is 52.3 Å². The Kier molecular flexibility index (Phi) is 12.6. The zero-order valence-electron chi connectivity index (χ0n) is 37.5. The first-order chi connectivity index (χ1) is 32.3. The van der Waals surface area contributed by atoms with Crippen LogP contribution in [0.1, 0.15) is 69.5 Å². The third kappa shape index (κ3) is 9.62. The van der Waals surface area contributed by atoms with Gasteiger partial charge in [0.2, 0.25) is 11.6 Å². The number of carboxylic acid groups (broad SMARTS) is 1. The molecular weight excluding hydrogens is 893 g/mol. The molecule has 354 valence electrons. The minimum absolute atomic E-state index is 0.00505. The lowest BCUT2D eigenvalue weighted by Gasteiger charge is -2.36. The normalized spacial score (nSPS) is 15.7. The second kappa shape index (κ2) is 18.2. The molecule has 0 unspecified atom stereocenters. The summed E-state index contributed by atoms with van der Waals surface area (Å²) in [5.74, 6) is -0.733. The Hall–Kier alpha value is -7.62. The van der Waals surface area contributed by atoms with Crippen molar-refractivity contribution in [1.29, 1.82) is 0 Å². The first-order valence-electron chi connectivity index (χ1n) is 21.5. The molecule has 10 rings (SSSR count). The van der Waals surface area contributed by atoms with Gasteiger partial charge in [0.05, 0.1) is 22.2 Å². The number of H-pyrrole nitrogens is 2. The number of imidazole rings is 2. The predicted octanol–water partition coefficient (Wildman–Crippen LogP) is 6.61. The number of fused-ring (bicyclic) bond motifs is 4. The van der Waals surface area contributed by atoms with Crippen molar-refractivity contribution >= 4 is 45.9 Å². The van der Waals surface area contributed by atoms with Gasteiger partial charge in [0.25, 0.3) is 17.6 Å². The molecule has 2 aliphatic heterocycles. The van der Waals surface area contributed by atoms with E-state index in [0.29, 0.717) is 46.9 Å². The highest BCUT2D eigenvalue weighted by Crippen LogP contribution is 2.37.